The lowest BCUT2D eigenvalue weighted by Gasteiger charge is -2.10. The molecule has 4 aromatic carbocycles. The molecule has 5 rings (SSSR count). The van der Waals surface area contributed by atoms with Crippen molar-refractivity contribution in [1.82, 2.24) is 14.9 Å². The van der Waals surface area contributed by atoms with Crippen molar-refractivity contribution >= 4 is 16.9 Å². The molecule has 0 aliphatic carbocycles. The zero-order valence-electron chi connectivity index (χ0n) is 19.0. The largest absolute Gasteiger partial charge is 0.355 e. The van der Waals surface area contributed by atoms with E-state index >= 15 is 0 Å². The summed E-state index contributed by atoms with van der Waals surface area (Å²) in [7, 11) is 0. The maximum Gasteiger partial charge on any atom is 0.224 e. The van der Waals surface area contributed by atoms with Gasteiger partial charge in [0.1, 0.15) is 5.82 Å². The van der Waals surface area contributed by atoms with Crippen LogP contribution in [0.4, 0.5) is 0 Å². The van der Waals surface area contributed by atoms with Crippen LogP contribution < -0.4 is 5.32 Å². The number of hydrogen-bond donors (Lipinski definition) is 1. The highest BCUT2D eigenvalue weighted by atomic mass is 16.1. The van der Waals surface area contributed by atoms with Crippen LogP contribution in [0.3, 0.4) is 0 Å². The highest BCUT2D eigenvalue weighted by molar-refractivity contribution is 5.79. The number of hydrogen-bond acceptors (Lipinski definition) is 2. The number of amides is 1. The molecule has 1 amide bonds. The predicted octanol–water partition coefficient (Wildman–Crippen LogP) is 5.65. The third-order valence-electron chi connectivity index (χ3n) is 6.01. The number of imidazole rings is 1. The number of fused-ring (bicyclic) bond motifs is 1. The maximum atomic E-state index is 12.6. The topological polar surface area (TPSA) is 46.9 Å². The van der Waals surface area contributed by atoms with E-state index in [-0.39, 0.29) is 5.91 Å². The first-order valence-electron chi connectivity index (χ1n) is 11.7. The van der Waals surface area contributed by atoms with Crippen molar-refractivity contribution < 1.29 is 4.79 Å². The number of rotatable bonds is 8. The van der Waals surface area contributed by atoms with E-state index in [2.05, 4.69) is 64.5 Å². The molecule has 0 radical (unpaired) electrons. The monoisotopic (exact) mass is 445 g/mol. The molecule has 1 N–H and O–H groups in total. The van der Waals surface area contributed by atoms with Crippen molar-refractivity contribution in [3.05, 3.63) is 126 Å². The Kier molecular flexibility index (Phi) is 6.48. The summed E-state index contributed by atoms with van der Waals surface area (Å²) in [6.07, 6.45) is 1.05. The molecule has 168 valence electrons. The van der Waals surface area contributed by atoms with Crippen molar-refractivity contribution in [3.8, 4) is 11.1 Å². The lowest BCUT2D eigenvalue weighted by Crippen LogP contribution is -2.28. The van der Waals surface area contributed by atoms with Gasteiger partial charge >= 0.3 is 0 Å². The SMILES string of the molecule is O=C(Cc1ccc(-c2ccccc2)cc1)NCCc1nc2ccccc2n1Cc1ccccc1. The van der Waals surface area contributed by atoms with Gasteiger partial charge in [0.25, 0.3) is 0 Å². The van der Waals surface area contributed by atoms with Crippen LogP contribution in [-0.2, 0) is 24.2 Å². The Labute approximate surface area is 199 Å². The fourth-order valence-corrected chi connectivity index (χ4v) is 4.27. The first kappa shape index (κ1) is 21.7. The van der Waals surface area contributed by atoms with Crippen LogP contribution in [0, 0.1) is 0 Å². The molecule has 1 heterocycles. The third-order valence-corrected chi connectivity index (χ3v) is 6.01. The summed E-state index contributed by atoms with van der Waals surface area (Å²) in [5, 5.41) is 3.07. The lowest BCUT2D eigenvalue weighted by atomic mass is 10.0. The van der Waals surface area contributed by atoms with Crippen molar-refractivity contribution in [3.63, 3.8) is 0 Å². The van der Waals surface area contributed by atoms with Crippen LogP contribution in [0.1, 0.15) is 17.0 Å². The standard InChI is InChI=1S/C30H27N3O/c34-30(21-23-15-17-26(18-16-23)25-11-5-2-6-12-25)31-20-19-29-32-27-13-7-8-14-28(27)33(29)22-24-9-3-1-4-10-24/h1-18H,19-22H2,(H,31,34). The van der Waals surface area contributed by atoms with E-state index in [1.54, 1.807) is 0 Å². The van der Waals surface area contributed by atoms with Crippen molar-refractivity contribution in [2.45, 2.75) is 19.4 Å². The second kappa shape index (κ2) is 10.2. The average Bonchev–Trinajstić information content (AvgIpc) is 3.23. The van der Waals surface area contributed by atoms with E-state index in [1.165, 1.54) is 11.1 Å². The van der Waals surface area contributed by atoms with Gasteiger partial charge in [0, 0.05) is 19.5 Å². The summed E-state index contributed by atoms with van der Waals surface area (Å²) in [6, 6.07) is 37.1. The average molecular weight is 446 g/mol. The molecule has 1 aromatic heterocycles. The molecule has 0 saturated carbocycles. The zero-order valence-corrected chi connectivity index (χ0v) is 19.0. The van der Waals surface area contributed by atoms with Gasteiger partial charge < -0.3 is 9.88 Å². The Morgan fingerprint density at radius 1 is 0.706 bits per heavy atom. The van der Waals surface area contributed by atoms with E-state index < -0.39 is 0 Å². The van der Waals surface area contributed by atoms with Gasteiger partial charge in [-0.15, -0.1) is 0 Å². The molecule has 4 heteroatoms. The van der Waals surface area contributed by atoms with Gasteiger partial charge in [-0.3, -0.25) is 4.79 Å². The molecule has 0 unspecified atom stereocenters. The number of nitrogens with zero attached hydrogens (tertiary/aromatic N) is 2. The number of benzene rings is 4. The van der Waals surface area contributed by atoms with E-state index in [0.717, 1.165) is 34.5 Å². The molecule has 0 aliphatic heterocycles. The smallest absolute Gasteiger partial charge is 0.224 e. The summed E-state index contributed by atoms with van der Waals surface area (Å²) < 4.78 is 2.25. The second-order valence-electron chi connectivity index (χ2n) is 8.43. The van der Waals surface area contributed by atoms with Crippen LogP contribution in [0.15, 0.2) is 109 Å². The molecule has 0 bridgehead atoms. The van der Waals surface area contributed by atoms with Gasteiger partial charge in [0.05, 0.1) is 17.5 Å². The zero-order chi connectivity index (χ0) is 23.2. The van der Waals surface area contributed by atoms with Gasteiger partial charge in [-0.2, -0.15) is 0 Å². The van der Waals surface area contributed by atoms with Crippen molar-refractivity contribution in [1.29, 1.82) is 0 Å². The molecule has 5 aromatic rings. The third kappa shape index (κ3) is 5.07. The molecular formula is C30H27N3O. The van der Waals surface area contributed by atoms with Gasteiger partial charge in [-0.05, 0) is 34.4 Å². The number of para-hydroxylation sites is 2. The van der Waals surface area contributed by atoms with Gasteiger partial charge in [-0.25, -0.2) is 4.98 Å². The van der Waals surface area contributed by atoms with Crippen LogP contribution in [0.5, 0.6) is 0 Å². The summed E-state index contributed by atoms with van der Waals surface area (Å²) >= 11 is 0. The Balaban J connectivity index is 1.21. The molecular weight excluding hydrogens is 418 g/mol. The number of carbonyl (C=O) groups is 1. The Morgan fingerprint density at radius 3 is 2.12 bits per heavy atom. The molecule has 0 aliphatic rings. The minimum Gasteiger partial charge on any atom is -0.355 e. The second-order valence-corrected chi connectivity index (χ2v) is 8.43. The molecule has 34 heavy (non-hydrogen) atoms. The Morgan fingerprint density at radius 2 is 1.35 bits per heavy atom. The highest BCUT2D eigenvalue weighted by Crippen LogP contribution is 2.20. The van der Waals surface area contributed by atoms with E-state index in [4.69, 9.17) is 4.98 Å². The number of nitrogens with one attached hydrogen (secondary N) is 1. The van der Waals surface area contributed by atoms with Crippen LogP contribution in [0.2, 0.25) is 0 Å². The number of aromatic nitrogens is 2. The first-order chi connectivity index (χ1) is 16.8. The normalized spacial score (nSPS) is 10.9. The summed E-state index contributed by atoms with van der Waals surface area (Å²) in [5.41, 5.74) is 6.67. The molecule has 0 fully saturated rings. The van der Waals surface area contributed by atoms with E-state index in [0.29, 0.717) is 19.4 Å². The summed E-state index contributed by atoms with van der Waals surface area (Å²) in [4.78, 5) is 17.4. The minimum atomic E-state index is 0.0261. The van der Waals surface area contributed by atoms with Crippen LogP contribution in [0.25, 0.3) is 22.2 Å². The molecule has 4 nitrogen and oxygen atoms in total. The lowest BCUT2D eigenvalue weighted by molar-refractivity contribution is -0.120. The Hall–Kier alpha value is -4.18. The van der Waals surface area contributed by atoms with Crippen LogP contribution >= 0.6 is 0 Å². The van der Waals surface area contributed by atoms with Crippen molar-refractivity contribution in [2.24, 2.45) is 0 Å². The van der Waals surface area contributed by atoms with Crippen LogP contribution in [-0.4, -0.2) is 22.0 Å². The molecule has 0 saturated heterocycles. The molecule has 0 spiro atoms. The van der Waals surface area contributed by atoms with Gasteiger partial charge in [-0.1, -0.05) is 97.1 Å². The van der Waals surface area contributed by atoms with E-state index in [9.17, 15) is 4.79 Å². The number of carbonyl (C=O) groups excluding carboxylic acids is 1. The highest BCUT2D eigenvalue weighted by Gasteiger charge is 2.12. The minimum absolute atomic E-state index is 0.0261. The van der Waals surface area contributed by atoms with Crippen molar-refractivity contribution in [2.75, 3.05) is 6.54 Å². The fraction of sp³-hybridized carbons (Fsp3) is 0.133. The quantitative estimate of drug-likeness (QED) is 0.335. The fourth-order valence-electron chi connectivity index (χ4n) is 4.27. The summed E-state index contributed by atoms with van der Waals surface area (Å²) in [6.45, 7) is 1.32. The Bertz CT molecular complexity index is 1370. The maximum absolute atomic E-state index is 12.6. The van der Waals surface area contributed by atoms with E-state index in [1.807, 2.05) is 54.6 Å². The molecule has 0 atom stereocenters. The van der Waals surface area contributed by atoms with Gasteiger partial charge in [0.2, 0.25) is 5.91 Å². The summed E-state index contributed by atoms with van der Waals surface area (Å²) in [5.74, 6) is 1.01. The first-order valence-corrected chi connectivity index (χ1v) is 11.7. The van der Waals surface area contributed by atoms with Gasteiger partial charge in [0.15, 0.2) is 0 Å². The predicted molar refractivity (Wildman–Crippen MR) is 138 cm³/mol.